The van der Waals surface area contributed by atoms with E-state index >= 15 is 0 Å². The fraction of sp³-hybridized carbons (Fsp3) is 0.320. The Bertz CT molecular complexity index is 1340. The maximum absolute atomic E-state index is 13.8. The second-order valence-electron chi connectivity index (χ2n) is 7.62. The first-order valence-corrected chi connectivity index (χ1v) is 10.6. The average molecular weight is 486 g/mol. The highest BCUT2D eigenvalue weighted by atomic mass is 16.6. The van der Waals surface area contributed by atoms with Gasteiger partial charge in [0.1, 0.15) is 23.1 Å². The number of hydrogen-bond acceptors (Lipinski definition) is 10. The first-order valence-electron chi connectivity index (χ1n) is 10.6. The van der Waals surface area contributed by atoms with Crippen LogP contribution >= 0.6 is 0 Å². The quantitative estimate of drug-likeness (QED) is 0.340. The smallest absolute Gasteiger partial charge is 0.308 e. The molecule has 1 aromatic heterocycles. The molecular formula is C25H26O10. The Kier molecular flexibility index (Phi) is 7.53. The van der Waals surface area contributed by atoms with Gasteiger partial charge >= 0.3 is 11.9 Å². The summed E-state index contributed by atoms with van der Waals surface area (Å²) in [6.45, 7) is 6.14. The standard InChI is InChI=1S/C25H26O10/c1-12(2)33-18-10-15(34-13(3)26)8-9-16(18)17-11-32-22-19(20(17)28)21(29-5)23(30-6)25(24(22)31-7)35-14(4)27/h8-12H,1-7H3. The molecule has 0 unspecified atom stereocenters. The number of fused-ring (bicyclic) bond motifs is 1. The van der Waals surface area contributed by atoms with E-state index in [1.165, 1.54) is 53.6 Å². The molecule has 2 aromatic carbocycles. The Labute approximate surface area is 201 Å². The van der Waals surface area contributed by atoms with Gasteiger partial charge in [-0.3, -0.25) is 14.4 Å². The van der Waals surface area contributed by atoms with E-state index in [0.29, 0.717) is 11.3 Å². The second-order valence-corrected chi connectivity index (χ2v) is 7.62. The highest BCUT2D eigenvalue weighted by Gasteiger charge is 2.29. The number of hydrogen-bond donors (Lipinski definition) is 0. The molecule has 10 heteroatoms. The summed E-state index contributed by atoms with van der Waals surface area (Å²) in [7, 11) is 4.02. The van der Waals surface area contributed by atoms with Crippen LogP contribution in [0.1, 0.15) is 27.7 Å². The lowest BCUT2D eigenvalue weighted by Crippen LogP contribution is -2.12. The van der Waals surface area contributed by atoms with Crippen LogP contribution in [0.15, 0.2) is 33.7 Å². The maximum atomic E-state index is 13.8. The minimum Gasteiger partial charge on any atom is -0.492 e. The number of rotatable bonds is 8. The lowest BCUT2D eigenvalue weighted by Gasteiger charge is -2.19. The van der Waals surface area contributed by atoms with Crippen molar-refractivity contribution in [2.24, 2.45) is 0 Å². The molecule has 1 heterocycles. The minimum absolute atomic E-state index is 0.00184. The molecule has 10 nitrogen and oxygen atoms in total. The Morgan fingerprint density at radius 2 is 1.46 bits per heavy atom. The van der Waals surface area contributed by atoms with Crippen LogP contribution in [-0.4, -0.2) is 39.4 Å². The molecule has 0 aliphatic carbocycles. The van der Waals surface area contributed by atoms with Gasteiger partial charge in [0.25, 0.3) is 0 Å². The highest BCUT2D eigenvalue weighted by molar-refractivity contribution is 5.97. The maximum Gasteiger partial charge on any atom is 0.308 e. The van der Waals surface area contributed by atoms with Gasteiger partial charge in [0.2, 0.25) is 22.7 Å². The molecule has 0 saturated carbocycles. The summed E-state index contributed by atoms with van der Waals surface area (Å²) in [6, 6.07) is 4.64. The van der Waals surface area contributed by atoms with Gasteiger partial charge in [-0.15, -0.1) is 0 Å². The number of ether oxygens (including phenoxy) is 6. The summed E-state index contributed by atoms with van der Waals surface area (Å²) >= 11 is 0. The molecule has 35 heavy (non-hydrogen) atoms. The molecule has 0 aliphatic heterocycles. The van der Waals surface area contributed by atoms with Crippen molar-refractivity contribution in [3.8, 4) is 45.6 Å². The predicted octanol–water partition coefficient (Wildman–Crippen LogP) is 4.12. The van der Waals surface area contributed by atoms with Crippen molar-refractivity contribution in [2.45, 2.75) is 33.8 Å². The topological polar surface area (TPSA) is 120 Å². The van der Waals surface area contributed by atoms with Gasteiger partial charge in [-0.1, -0.05) is 0 Å². The van der Waals surface area contributed by atoms with Crippen LogP contribution in [0.4, 0.5) is 0 Å². The van der Waals surface area contributed by atoms with Crippen molar-refractivity contribution >= 4 is 22.9 Å². The van der Waals surface area contributed by atoms with Gasteiger partial charge < -0.3 is 32.8 Å². The van der Waals surface area contributed by atoms with E-state index in [0.717, 1.165) is 0 Å². The van der Waals surface area contributed by atoms with E-state index in [4.69, 9.17) is 32.8 Å². The third-order valence-corrected chi connectivity index (χ3v) is 4.77. The van der Waals surface area contributed by atoms with Crippen molar-refractivity contribution < 1.29 is 42.4 Å². The first-order chi connectivity index (χ1) is 16.6. The summed E-state index contributed by atoms with van der Waals surface area (Å²) in [4.78, 5) is 36.9. The predicted molar refractivity (Wildman–Crippen MR) is 126 cm³/mol. The third-order valence-electron chi connectivity index (χ3n) is 4.77. The van der Waals surface area contributed by atoms with Crippen LogP contribution in [-0.2, 0) is 9.59 Å². The summed E-state index contributed by atoms with van der Waals surface area (Å²) in [5.74, 6) is -0.679. The molecule has 0 spiro atoms. The first kappa shape index (κ1) is 25.4. The lowest BCUT2D eigenvalue weighted by molar-refractivity contribution is -0.132. The molecule has 0 saturated heterocycles. The summed E-state index contributed by atoms with van der Waals surface area (Å²) in [5.41, 5.74) is 0.0559. The Morgan fingerprint density at radius 3 is 2.00 bits per heavy atom. The van der Waals surface area contributed by atoms with Crippen molar-refractivity contribution in [1.29, 1.82) is 0 Å². The number of benzene rings is 2. The summed E-state index contributed by atoms with van der Waals surface area (Å²) < 4.78 is 38.5. The molecule has 0 bridgehead atoms. The van der Waals surface area contributed by atoms with E-state index in [-0.39, 0.29) is 51.4 Å². The lowest BCUT2D eigenvalue weighted by atomic mass is 10.0. The second kappa shape index (κ2) is 10.4. The normalized spacial score (nSPS) is 10.7. The Hall–Kier alpha value is -4.21. The molecule has 0 amide bonds. The van der Waals surface area contributed by atoms with Gasteiger partial charge in [0, 0.05) is 25.5 Å². The van der Waals surface area contributed by atoms with Gasteiger partial charge in [-0.25, -0.2) is 0 Å². The molecule has 0 radical (unpaired) electrons. The number of esters is 2. The summed E-state index contributed by atoms with van der Waals surface area (Å²) in [6.07, 6.45) is 1.000. The molecule has 0 N–H and O–H groups in total. The molecule has 0 fully saturated rings. The van der Waals surface area contributed by atoms with E-state index in [1.807, 2.05) is 13.8 Å². The van der Waals surface area contributed by atoms with Crippen molar-refractivity contribution in [2.75, 3.05) is 21.3 Å². The van der Waals surface area contributed by atoms with Crippen LogP contribution in [0, 0.1) is 0 Å². The number of carbonyl (C=O) groups excluding carboxylic acids is 2. The Morgan fingerprint density at radius 1 is 0.829 bits per heavy atom. The van der Waals surface area contributed by atoms with Crippen molar-refractivity contribution in [1.82, 2.24) is 0 Å². The summed E-state index contributed by atoms with van der Waals surface area (Å²) in [5, 5.41) is 0.00848. The van der Waals surface area contributed by atoms with Crippen LogP contribution in [0.25, 0.3) is 22.1 Å². The molecule has 186 valence electrons. The number of methoxy groups -OCH3 is 3. The monoisotopic (exact) mass is 486 g/mol. The van der Waals surface area contributed by atoms with Gasteiger partial charge in [-0.05, 0) is 26.0 Å². The Balaban J connectivity index is 2.38. The van der Waals surface area contributed by atoms with E-state index in [1.54, 1.807) is 6.07 Å². The van der Waals surface area contributed by atoms with Gasteiger partial charge in [0.15, 0.2) is 11.3 Å². The van der Waals surface area contributed by atoms with Gasteiger partial charge in [-0.2, -0.15) is 0 Å². The molecule has 3 rings (SSSR count). The van der Waals surface area contributed by atoms with Crippen LogP contribution < -0.4 is 33.8 Å². The van der Waals surface area contributed by atoms with Crippen LogP contribution in [0.3, 0.4) is 0 Å². The van der Waals surface area contributed by atoms with E-state index in [2.05, 4.69) is 0 Å². The minimum atomic E-state index is -0.634. The van der Waals surface area contributed by atoms with Crippen LogP contribution in [0.2, 0.25) is 0 Å². The molecule has 0 aliphatic rings. The van der Waals surface area contributed by atoms with Crippen LogP contribution in [0.5, 0.6) is 34.5 Å². The highest BCUT2D eigenvalue weighted by Crippen LogP contribution is 2.50. The average Bonchev–Trinajstić information content (AvgIpc) is 2.78. The fourth-order valence-corrected chi connectivity index (χ4v) is 3.56. The zero-order valence-electron chi connectivity index (χ0n) is 20.5. The molecule has 3 aromatic rings. The molecule has 0 atom stereocenters. The fourth-order valence-electron chi connectivity index (χ4n) is 3.56. The zero-order valence-corrected chi connectivity index (χ0v) is 20.5. The van der Waals surface area contributed by atoms with E-state index in [9.17, 15) is 14.4 Å². The van der Waals surface area contributed by atoms with E-state index < -0.39 is 17.4 Å². The van der Waals surface area contributed by atoms with Crippen molar-refractivity contribution in [3.63, 3.8) is 0 Å². The zero-order chi connectivity index (χ0) is 25.9. The van der Waals surface area contributed by atoms with Crippen molar-refractivity contribution in [3.05, 3.63) is 34.7 Å². The molecular weight excluding hydrogens is 460 g/mol. The SMILES string of the molecule is COc1c(OC(C)=O)c(OC)c2occ(-c3ccc(OC(C)=O)cc3OC(C)C)c(=O)c2c1OC. The largest absolute Gasteiger partial charge is 0.492 e. The third kappa shape index (κ3) is 5.01. The van der Waals surface area contributed by atoms with Gasteiger partial charge in [0.05, 0.1) is 33.0 Å². The number of carbonyl (C=O) groups is 2.